The smallest absolute Gasteiger partial charge is 0.313 e. The van der Waals surface area contributed by atoms with Gasteiger partial charge in [0.05, 0.1) is 31.0 Å². The minimum Gasteiger partial charge on any atom is -0.390 e. The molecule has 10 nitrogen and oxygen atoms in total. The van der Waals surface area contributed by atoms with Crippen LogP contribution < -0.4 is 0 Å². The Kier molecular flexibility index (Phi) is 8.57. The van der Waals surface area contributed by atoms with Gasteiger partial charge >= 0.3 is 5.97 Å². The third-order valence-corrected chi connectivity index (χ3v) is 11.5. The maximum atomic E-state index is 12.6. The summed E-state index contributed by atoms with van der Waals surface area (Å²) in [5.74, 6) is -4.69. The van der Waals surface area contributed by atoms with Crippen LogP contribution in [0.3, 0.4) is 0 Å². The van der Waals surface area contributed by atoms with Crippen LogP contribution in [-0.4, -0.2) is 91.3 Å². The zero-order valence-corrected chi connectivity index (χ0v) is 27.0. The summed E-state index contributed by atoms with van der Waals surface area (Å²) in [6, 6.07) is 9.18. The quantitative estimate of drug-likeness (QED) is 0.147. The topological polar surface area (TPSA) is 155 Å². The van der Waals surface area contributed by atoms with Gasteiger partial charge in [0.25, 0.3) is 0 Å². The first-order chi connectivity index (χ1) is 21.7. The van der Waals surface area contributed by atoms with E-state index >= 15 is 0 Å². The fourth-order valence-corrected chi connectivity index (χ4v) is 9.29. The summed E-state index contributed by atoms with van der Waals surface area (Å²) in [6.07, 6.45) is 1.95. The summed E-state index contributed by atoms with van der Waals surface area (Å²) in [5.41, 5.74) is -6.02. The minimum absolute atomic E-state index is 0.0579. The van der Waals surface area contributed by atoms with Crippen molar-refractivity contribution in [1.82, 2.24) is 0 Å². The molecule has 3 aliphatic carbocycles. The highest BCUT2D eigenvalue weighted by atomic mass is 16.9. The van der Waals surface area contributed by atoms with Crippen molar-refractivity contribution in [2.24, 2.45) is 23.7 Å². The molecule has 2 heterocycles. The van der Waals surface area contributed by atoms with Crippen molar-refractivity contribution in [2.75, 3.05) is 13.2 Å². The lowest BCUT2D eigenvalue weighted by Gasteiger charge is -2.61. The number of aliphatic hydroxyl groups excluding tert-OH is 3. The Labute approximate surface area is 270 Å². The Morgan fingerprint density at radius 1 is 1.07 bits per heavy atom. The highest BCUT2D eigenvalue weighted by Gasteiger charge is 2.84. The minimum atomic E-state index is -2.45. The first-order valence-electron chi connectivity index (χ1n) is 16.5. The van der Waals surface area contributed by atoms with Gasteiger partial charge in [0.2, 0.25) is 0 Å². The fourth-order valence-electron chi connectivity index (χ4n) is 9.29. The van der Waals surface area contributed by atoms with E-state index in [-0.39, 0.29) is 18.8 Å². The molecule has 46 heavy (non-hydrogen) atoms. The summed E-state index contributed by atoms with van der Waals surface area (Å²) in [4.78, 5) is 11.9. The number of allylic oxidation sites excluding steroid dienone is 3. The van der Waals surface area contributed by atoms with E-state index in [0.717, 1.165) is 6.42 Å². The van der Waals surface area contributed by atoms with Crippen LogP contribution in [0.1, 0.15) is 58.9 Å². The van der Waals surface area contributed by atoms with E-state index in [1.807, 2.05) is 51.1 Å². The largest absolute Gasteiger partial charge is 0.390 e. The van der Waals surface area contributed by atoms with Crippen molar-refractivity contribution >= 4 is 5.78 Å². The van der Waals surface area contributed by atoms with Gasteiger partial charge in [-0.1, -0.05) is 69.8 Å². The third kappa shape index (κ3) is 4.53. The molecular formula is C36H48O10. The Balaban J connectivity index is 1.42. The molecule has 0 aromatic heterocycles. The van der Waals surface area contributed by atoms with Crippen LogP contribution >= 0.6 is 0 Å². The molecule has 5 N–H and O–H groups in total. The van der Waals surface area contributed by atoms with Crippen LogP contribution in [0.5, 0.6) is 0 Å². The van der Waals surface area contributed by atoms with Crippen LogP contribution in [0, 0.1) is 23.7 Å². The highest BCUT2D eigenvalue weighted by Crippen LogP contribution is 2.72. The van der Waals surface area contributed by atoms with Gasteiger partial charge in [0, 0.05) is 17.4 Å². The molecule has 10 heteroatoms. The van der Waals surface area contributed by atoms with Gasteiger partial charge < -0.3 is 44.5 Å². The summed E-state index contributed by atoms with van der Waals surface area (Å²) in [6.45, 7) is 11.3. The number of ether oxygens (including phenoxy) is 4. The van der Waals surface area contributed by atoms with Crippen LogP contribution in [-0.2, 0) is 29.7 Å². The molecule has 0 radical (unpaired) electrons. The number of hydrogen-bond donors (Lipinski definition) is 5. The molecule has 13 atom stereocenters. The zero-order chi connectivity index (χ0) is 33.3. The molecule has 0 amide bonds. The zero-order valence-electron chi connectivity index (χ0n) is 27.0. The Morgan fingerprint density at radius 3 is 2.43 bits per heavy atom. The van der Waals surface area contributed by atoms with Gasteiger partial charge in [0.1, 0.15) is 29.0 Å². The summed E-state index contributed by atoms with van der Waals surface area (Å²) in [5, 5.41) is 60.9. The van der Waals surface area contributed by atoms with Gasteiger partial charge in [-0.15, -0.1) is 0 Å². The number of fused-ring (bicyclic) bond motifs is 2. The lowest BCUT2D eigenvalue weighted by Crippen LogP contribution is -2.73. The number of carbonyl (C=O) groups is 1. The average Bonchev–Trinajstić information content (AvgIpc) is 3.39. The predicted molar refractivity (Wildman–Crippen MR) is 167 cm³/mol. The Bertz CT molecular complexity index is 1400. The van der Waals surface area contributed by atoms with E-state index in [0.29, 0.717) is 24.0 Å². The second-order valence-electron chi connectivity index (χ2n) is 14.2. The van der Waals surface area contributed by atoms with Gasteiger partial charge in [-0.25, -0.2) is 0 Å². The summed E-state index contributed by atoms with van der Waals surface area (Å²) in [7, 11) is 0. The monoisotopic (exact) mass is 640 g/mol. The second-order valence-corrected chi connectivity index (χ2v) is 14.2. The molecule has 5 aliphatic rings. The van der Waals surface area contributed by atoms with Crippen molar-refractivity contribution in [3.8, 4) is 0 Å². The average molecular weight is 641 g/mol. The highest BCUT2D eigenvalue weighted by molar-refractivity contribution is 5.99. The standard InChI is InChI=1S/C36H48O10/c1-6-7-15-25(37)16-11-12-17-43-20-32(41)29(39)27-30-33(21(2)3)19-23(5)35(27,26-18-22(4)28(38)34(26,42)31(32)40)46-36(44-30,45-33)24-13-9-8-10-14-24/h7-11,13-16,22-23,26-31,38-42H,2,6,12,17-20H2,1,3-5H3. The van der Waals surface area contributed by atoms with Crippen molar-refractivity contribution in [1.29, 1.82) is 0 Å². The molecule has 1 aromatic carbocycles. The molecule has 0 spiro atoms. The van der Waals surface area contributed by atoms with Gasteiger partial charge in [0.15, 0.2) is 5.78 Å². The van der Waals surface area contributed by atoms with Crippen molar-refractivity contribution in [3.05, 3.63) is 72.4 Å². The molecule has 2 aliphatic heterocycles. The normalized spacial score (nSPS) is 47.7. The molecule has 3 bridgehead atoms. The van der Waals surface area contributed by atoms with E-state index in [4.69, 9.17) is 18.9 Å². The second kappa shape index (κ2) is 11.7. The maximum Gasteiger partial charge on any atom is 0.313 e. The van der Waals surface area contributed by atoms with Gasteiger partial charge in [-0.3, -0.25) is 4.79 Å². The molecule has 252 valence electrons. The molecule has 2 saturated heterocycles. The molecule has 6 rings (SSSR count). The molecule has 3 saturated carbocycles. The lowest BCUT2D eigenvalue weighted by molar-refractivity contribution is -0.446. The Morgan fingerprint density at radius 2 is 1.76 bits per heavy atom. The number of rotatable bonds is 10. The number of ketones is 1. The lowest BCUT2D eigenvalue weighted by atomic mass is 9.53. The van der Waals surface area contributed by atoms with Crippen molar-refractivity contribution in [3.63, 3.8) is 0 Å². The van der Waals surface area contributed by atoms with E-state index in [1.54, 1.807) is 19.1 Å². The summed E-state index contributed by atoms with van der Waals surface area (Å²) < 4.78 is 26.4. The maximum absolute atomic E-state index is 12.6. The van der Waals surface area contributed by atoms with Crippen molar-refractivity contribution < 1.29 is 49.3 Å². The number of aliphatic hydroxyl groups is 5. The Hall–Kier alpha value is -2.25. The van der Waals surface area contributed by atoms with E-state index in [2.05, 4.69) is 6.58 Å². The molecule has 5 fully saturated rings. The molecule has 13 unspecified atom stereocenters. The van der Waals surface area contributed by atoms with E-state index < -0.39 is 83.1 Å². The first-order valence-corrected chi connectivity index (χ1v) is 16.5. The SMILES string of the molecule is C=C(C)C12CC(C)C34OC(c5ccccc5)(OC1C3C(O)C(O)(COCCC=CC(=O)C=CCC)C(O)C1(O)C(O)C(C)CC14)O2. The van der Waals surface area contributed by atoms with Gasteiger partial charge in [-0.2, -0.15) is 0 Å². The fraction of sp³-hybridized carbons (Fsp3) is 0.639. The number of carbonyl (C=O) groups excluding carboxylic acids is 1. The molecule has 1 aromatic rings. The third-order valence-electron chi connectivity index (χ3n) is 11.5. The van der Waals surface area contributed by atoms with Crippen LogP contribution in [0.4, 0.5) is 0 Å². The summed E-state index contributed by atoms with van der Waals surface area (Å²) >= 11 is 0. The van der Waals surface area contributed by atoms with Crippen LogP contribution in [0.25, 0.3) is 0 Å². The van der Waals surface area contributed by atoms with E-state index in [1.165, 1.54) is 12.2 Å². The van der Waals surface area contributed by atoms with Crippen LogP contribution in [0.2, 0.25) is 0 Å². The number of hydrogen-bond acceptors (Lipinski definition) is 10. The molecular weight excluding hydrogens is 592 g/mol. The predicted octanol–water partition coefficient (Wildman–Crippen LogP) is 2.66. The van der Waals surface area contributed by atoms with E-state index in [9.17, 15) is 30.3 Å². The van der Waals surface area contributed by atoms with Crippen LogP contribution in [0.15, 0.2) is 66.8 Å². The van der Waals surface area contributed by atoms with Gasteiger partial charge in [-0.05, 0) is 62.2 Å². The number of benzene rings is 1. The first kappa shape index (κ1) is 33.6. The van der Waals surface area contributed by atoms with Crippen molar-refractivity contribution in [2.45, 2.75) is 106 Å².